The molecule has 0 fully saturated rings. The molecule has 0 aliphatic rings. The second kappa shape index (κ2) is 6.36. The van der Waals surface area contributed by atoms with Gasteiger partial charge in [-0.25, -0.2) is 8.78 Å². The van der Waals surface area contributed by atoms with Crippen molar-refractivity contribution in [1.29, 1.82) is 5.41 Å². The lowest BCUT2D eigenvalue weighted by atomic mass is 10.2. The van der Waals surface area contributed by atoms with Gasteiger partial charge >= 0.3 is 0 Å². The summed E-state index contributed by atoms with van der Waals surface area (Å²) >= 11 is 16.1. The van der Waals surface area contributed by atoms with E-state index in [4.69, 9.17) is 44.9 Å². The second-order valence-corrected chi connectivity index (χ2v) is 5.52. The largest absolute Gasteiger partial charge is 0.474 e. The fourth-order valence-electron chi connectivity index (χ4n) is 1.07. The SMILES string of the molecule is N=C(OC/C=C/c1cc(F)cc(F)c1)C(Cl)(Cl)Cl. The van der Waals surface area contributed by atoms with Crippen LogP contribution in [0.3, 0.4) is 0 Å². The molecule has 1 N–H and O–H groups in total. The van der Waals surface area contributed by atoms with Gasteiger partial charge in [-0.15, -0.1) is 0 Å². The summed E-state index contributed by atoms with van der Waals surface area (Å²) < 4.78 is 28.5. The van der Waals surface area contributed by atoms with Crippen LogP contribution in [0.4, 0.5) is 8.78 Å². The summed E-state index contributed by atoms with van der Waals surface area (Å²) in [7, 11) is 0. The molecule has 0 radical (unpaired) electrons. The highest BCUT2D eigenvalue weighted by atomic mass is 35.6. The number of benzene rings is 1. The number of hydrogen-bond donors (Lipinski definition) is 1. The summed E-state index contributed by atoms with van der Waals surface area (Å²) in [6.45, 7) is -0.0507. The van der Waals surface area contributed by atoms with Gasteiger partial charge in [0.25, 0.3) is 3.79 Å². The first-order valence-electron chi connectivity index (χ1n) is 4.70. The van der Waals surface area contributed by atoms with E-state index in [0.717, 1.165) is 18.2 Å². The first-order chi connectivity index (χ1) is 8.29. The highest BCUT2D eigenvalue weighted by molar-refractivity contribution is 6.76. The smallest absolute Gasteiger partial charge is 0.265 e. The Bertz CT molecular complexity index is 452. The number of halogens is 5. The van der Waals surface area contributed by atoms with Crippen molar-refractivity contribution in [1.82, 2.24) is 0 Å². The fraction of sp³-hybridized carbons (Fsp3) is 0.182. The molecule has 0 aliphatic heterocycles. The van der Waals surface area contributed by atoms with Gasteiger partial charge in [0.2, 0.25) is 5.90 Å². The maximum atomic E-state index is 12.8. The second-order valence-electron chi connectivity index (χ2n) is 3.24. The van der Waals surface area contributed by atoms with E-state index in [0.29, 0.717) is 5.56 Å². The first-order valence-corrected chi connectivity index (χ1v) is 5.83. The fourth-order valence-corrected chi connectivity index (χ4v) is 1.23. The molecule has 0 spiro atoms. The Labute approximate surface area is 118 Å². The molecule has 0 unspecified atom stereocenters. The molecule has 7 heteroatoms. The summed E-state index contributed by atoms with van der Waals surface area (Å²) in [6, 6.07) is 3.08. The zero-order chi connectivity index (χ0) is 13.8. The predicted molar refractivity (Wildman–Crippen MR) is 69.4 cm³/mol. The van der Waals surface area contributed by atoms with Gasteiger partial charge in [-0.05, 0) is 23.8 Å². The lowest BCUT2D eigenvalue weighted by molar-refractivity contribution is 0.341. The lowest BCUT2D eigenvalue weighted by Crippen LogP contribution is -2.21. The van der Waals surface area contributed by atoms with Crippen molar-refractivity contribution in [2.75, 3.05) is 6.61 Å². The summed E-state index contributed by atoms with van der Waals surface area (Å²) in [5, 5.41) is 7.22. The number of hydrogen-bond acceptors (Lipinski definition) is 2. The third-order valence-corrected chi connectivity index (χ3v) is 2.29. The Morgan fingerprint density at radius 2 is 1.78 bits per heavy atom. The third-order valence-electron chi connectivity index (χ3n) is 1.78. The average molecular weight is 315 g/mol. The van der Waals surface area contributed by atoms with E-state index in [9.17, 15) is 8.78 Å². The Morgan fingerprint density at radius 1 is 1.22 bits per heavy atom. The molecule has 1 rings (SSSR count). The van der Waals surface area contributed by atoms with Gasteiger partial charge in [0.15, 0.2) is 0 Å². The zero-order valence-electron chi connectivity index (χ0n) is 8.89. The average Bonchev–Trinajstić information content (AvgIpc) is 2.21. The van der Waals surface area contributed by atoms with Gasteiger partial charge in [-0.3, -0.25) is 5.41 Å². The quantitative estimate of drug-likeness (QED) is 0.502. The van der Waals surface area contributed by atoms with Gasteiger partial charge in [0.1, 0.15) is 18.2 Å². The van der Waals surface area contributed by atoms with Crippen molar-refractivity contribution in [3.05, 3.63) is 41.5 Å². The highest BCUT2D eigenvalue weighted by Gasteiger charge is 2.28. The van der Waals surface area contributed by atoms with Crippen LogP contribution in [-0.2, 0) is 4.74 Å². The van der Waals surface area contributed by atoms with Crippen LogP contribution in [0.1, 0.15) is 5.56 Å². The molecule has 0 bridgehead atoms. The number of alkyl halides is 3. The van der Waals surface area contributed by atoms with Crippen LogP contribution >= 0.6 is 34.8 Å². The van der Waals surface area contributed by atoms with Crippen molar-refractivity contribution in [3.8, 4) is 0 Å². The van der Waals surface area contributed by atoms with E-state index in [1.807, 2.05) is 0 Å². The van der Waals surface area contributed by atoms with Gasteiger partial charge < -0.3 is 4.74 Å². The summed E-state index contributed by atoms with van der Waals surface area (Å²) in [6.07, 6.45) is 2.87. The molecule has 0 atom stereocenters. The third kappa shape index (κ3) is 5.21. The molecule has 98 valence electrons. The van der Waals surface area contributed by atoms with Crippen molar-refractivity contribution in [2.24, 2.45) is 0 Å². The van der Waals surface area contributed by atoms with Crippen LogP contribution in [0.2, 0.25) is 0 Å². The van der Waals surface area contributed by atoms with Crippen molar-refractivity contribution in [3.63, 3.8) is 0 Å². The minimum atomic E-state index is -1.92. The Morgan fingerprint density at radius 3 is 2.28 bits per heavy atom. The maximum Gasteiger partial charge on any atom is 0.265 e. The molecule has 1 aromatic carbocycles. The predicted octanol–water partition coefficient (Wildman–Crippen LogP) is 4.34. The van der Waals surface area contributed by atoms with E-state index in [2.05, 4.69) is 0 Å². The molecular formula is C11H8Cl3F2NO. The Hall–Kier alpha value is -0.840. The standard InChI is InChI=1S/C11H8Cl3F2NO/c12-11(13,14)10(17)18-3-1-2-7-4-8(15)6-9(16)5-7/h1-2,4-6,17H,3H2/b2-1+,17-10?. The van der Waals surface area contributed by atoms with Crippen LogP contribution in [0.15, 0.2) is 24.3 Å². The normalized spacial score (nSPS) is 11.8. The molecular weight excluding hydrogens is 306 g/mol. The number of rotatable bonds is 3. The minimum absolute atomic E-state index is 0.0507. The van der Waals surface area contributed by atoms with E-state index >= 15 is 0 Å². The van der Waals surface area contributed by atoms with Gasteiger partial charge in [-0.1, -0.05) is 40.9 Å². The molecule has 1 aromatic rings. The Kier molecular flexibility index (Phi) is 5.38. The summed E-state index contributed by atoms with van der Waals surface area (Å²) in [5.41, 5.74) is 0.330. The van der Waals surface area contributed by atoms with E-state index in [1.54, 1.807) is 0 Å². The molecule has 18 heavy (non-hydrogen) atoms. The molecule has 0 aromatic heterocycles. The molecule has 0 saturated carbocycles. The van der Waals surface area contributed by atoms with Crippen LogP contribution < -0.4 is 0 Å². The van der Waals surface area contributed by atoms with Crippen molar-refractivity contribution >= 4 is 46.8 Å². The van der Waals surface area contributed by atoms with E-state index in [-0.39, 0.29) is 6.61 Å². The molecule has 0 amide bonds. The molecule has 0 saturated heterocycles. The molecule has 2 nitrogen and oxygen atoms in total. The van der Waals surface area contributed by atoms with Crippen LogP contribution in [-0.4, -0.2) is 16.3 Å². The van der Waals surface area contributed by atoms with E-state index < -0.39 is 21.3 Å². The van der Waals surface area contributed by atoms with Crippen LogP contribution in [0, 0.1) is 17.0 Å². The monoisotopic (exact) mass is 313 g/mol. The van der Waals surface area contributed by atoms with Gasteiger partial charge in [0.05, 0.1) is 0 Å². The highest BCUT2D eigenvalue weighted by Crippen LogP contribution is 2.27. The summed E-state index contributed by atoms with van der Waals surface area (Å²) in [5.74, 6) is -1.88. The number of nitrogens with one attached hydrogen (secondary N) is 1. The number of ether oxygens (including phenoxy) is 1. The van der Waals surface area contributed by atoms with Crippen molar-refractivity contribution < 1.29 is 13.5 Å². The first kappa shape index (κ1) is 15.2. The molecule has 0 heterocycles. The van der Waals surface area contributed by atoms with E-state index in [1.165, 1.54) is 12.2 Å². The van der Waals surface area contributed by atoms with Gasteiger partial charge in [-0.2, -0.15) is 0 Å². The molecule has 0 aliphatic carbocycles. The van der Waals surface area contributed by atoms with Crippen LogP contribution in [0.25, 0.3) is 6.08 Å². The van der Waals surface area contributed by atoms with Crippen LogP contribution in [0.5, 0.6) is 0 Å². The maximum absolute atomic E-state index is 12.8. The van der Waals surface area contributed by atoms with Gasteiger partial charge in [0, 0.05) is 6.07 Å². The zero-order valence-corrected chi connectivity index (χ0v) is 11.2. The minimum Gasteiger partial charge on any atom is -0.474 e. The summed E-state index contributed by atoms with van der Waals surface area (Å²) in [4.78, 5) is 0. The lowest BCUT2D eigenvalue weighted by Gasteiger charge is -2.11. The topological polar surface area (TPSA) is 33.1 Å². The Balaban J connectivity index is 2.53. The van der Waals surface area contributed by atoms with Crippen molar-refractivity contribution in [2.45, 2.75) is 3.79 Å².